The van der Waals surface area contributed by atoms with Gasteiger partial charge in [0.1, 0.15) is 0 Å². The third-order valence-electron chi connectivity index (χ3n) is 0.538. The molecule has 2 nitrogen and oxygen atoms in total. The number of ether oxygens (including phenoxy) is 1. The molecular weight excluding hydrogens is 90.1 g/mol. The first kappa shape index (κ1) is 6.21. The van der Waals surface area contributed by atoms with Gasteiger partial charge in [-0.15, -0.1) is 0 Å². The van der Waals surface area contributed by atoms with Crippen molar-refractivity contribution in [2.24, 2.45) is 0 Å². The van der Waals surface area contributed by atoms with E-state index >= 15 is 0 Å². The quantitative estimate of drug-likeness (QED) is 0.388. The zero-order valence-corrected chi connectivity index (χ0v) is 4.56. The van der Waals surface area contributed by atoms with Crippen molar-refractivity contribution in [3.05, 3.63) is 12.2 Å². The summed E-state index contributed by atoms with van der Waals surface area (Å²) in [7, 11) is 1.47. The number of allylic oxidation sites excluding steroid dienone is 1. The van der Waals surface area contributed by atoms with Gasteiger partial charge in [-0.2, -0.15) is 0 Å². The van der Waals surface area contributed by atoms with Gasteiger partial charge < -0.3 is 4.74 Å². The van der Waals surface area contributed by atoms with Crippen LogP contribution in [0.1, 0.15) is 6.92 Å². The molecular formula is C5H9NO. The van der Waals surface area contributed by atoms with Crippen LogP contribution in [0.5, 0.6) is 0 Å². The van der Waals surface area contributed by atoms with E-state index in [1.165, 1.54) is 7.11 Å². The molecule has 0 aliphatic heterocycles. The van der Waals surface area contributed by atoms with Gasteiger partial charge in [0.15, 0.2) is 0 Å². The fourth-order valence-corrected chi connectivity index (χ4v) is 0.219. The highest BCUT2D eigenvalue weighted by atomic mass is 16.5. The van der Waals surface area contributed by atoms with Crippen LogP contribution in [0.3, 0.4) is 0 Å². The second-order valence-corrected chi connectivity index (χ2v) is 1.07. The molecule has 7 heavy (non-hydrogen) atoms. The lowest BCUT2D eigenvalue weighted by Gasteiger charge is -1.89. The summed E-state index contributed by atoms with van der Waals surface area (Å²) in [6.45, 7) is 1.84. The van der Waals surface area contributed by atoms with Gasteiger partial charge in [-0.3, -0.25) is 5.41 Å². The molecule has 40 valence electrons. The predicted octanol–water partition coefficient (Wildman–Crippen LogP) is 1.19. The van der Waals surface area contributed by atoms with Gasteiger partial charge in [0.05, 0.1) is 7.11 Å². The van der Waals surface area contributed by atoms with Gasteiger partial charge >= 0.3 is 0 Å². The van der Waals surface area contributed by atoms with E-state index in [2.05, 4.69) is 4.74 Å². The first-order valence-corrected chi connectivity index (χ1v) is 2.06. The van der Waals surface area contributed by atoms with Gasteiger partial charge in [0.25, 0.3) is 0 Å². The van der Waals surface area contributed by atoms with Crippen LogP contribution in [0, 0.1) is 5.41 Å². The van der Waals surface area contributed by atoms with Crippen molar-refractivity contribution in [3.63, 3.8) is 0 Å². The van der Waals surface area contributed by atoms with Crippen molar-refractivity contribution < 1.29 is 4.74 Å². The molecule has 0 radical (unpaired) electrons. The third kappa shape index (κ3) is 3.03. The van der Waals surface area contributed by atoms with Crippen LogP contribution in [0.2, 0.25) is 0 Å². The topological polar surface area (TPSA) is 33.1 Å². The molecule has 0 aliphatic rings. The van der Waals surface area contributed by atoms with Gasteiger partial charge in [0.2, 0.25) is 5.90 Å². The van der Waals surface area contributed by atoms with E-state index in [1.54, 1.807) is 12.2 Å². The molecule has 0 aromatic carbocycles. The van der Waals surface area contributed by atoms with Crippen LogP contribution in [0.25, 0.3) is 0 Å². The van der Waals surface area contributed by atoms with Crippen molar-refractivity contribution in [1.29, 1.82) is 5.41 Å². The Morgan fingerprint density at radius 2 is 2.29 bits per heavy atom. The highest BCUT2D eigenvalue weighted by molar-refractivity contribution is 5.84. The van der Waals surface area contributed by atoms with Gasteiger partial charge in [0, 0.05) is 0 Å². The van der Waals surface area contributed by atoms with Crippen LogP contribution >= 0.6 is 0 Å². The number of hydrogen-bond donors (Lipinski definition) is 1. The van der Waals surface area contributed by atoms with Crippen molar-refractivity contribution in [2.45, 2.75) is 6.92 Å². The van der Waals surface area contributed by atoms with Crippen molar-refractivity contribution >= 4 is 5.90 Å². The predicted molar refractivity (Wildman–Crippen MR) is 29.5 cm³/mol. The SMILES string of the molecule is CC=CC(=N)OC. The Hall–Kier alpha value is -0.790. The molecule has 0 unspecified atom stereocenters. The molecule has 1 N–H and O–H groups in total. The molecule has 2 heteroatoms. The van der Waals surface area contributed by atoms with E-state index in [1.807, 2.05) is 6.92 Å². The van der Waals surface area contributed by atoms with Crippen molar-refractivity contribution in [3.8, 4) is 0 Å². The average molecular weight is 99.1 g/mol. The average Bonchev–Trinajstić information content (AvgIpc) is 1.68. The van der Waals surface area contributed by atoms with E-state index in [4.69, 9.17) is 5.41 Å². The lowest BCUT2D eigenvalue weighted by molar-refractivity contribution is 0.403. The minimum Gasteiger partial charge on any atom is -0.481 e. The maximum Gasteiger partial charge on any atom is 0.205 e. The Bertz CT molecular complexity index is 86.1. The molecule has 0 rings (SSSR count). The van der Waals surface area contributed by atoms with E-state index in [-0.39, 0.29) is 5.90 Å². The van der Waals surface area contributed by atoms with Crippen molar-refractivity contribution in [2.75, 3.05) is 7.11 Å². The molecule has 0 heterocycles. The van der Waals surface area contributed by atoms with Gasteiger partial charge in [-0.05, 0) is 13.0 Å². The minimum atomic E-state index is 0.197. The lowest BCUT2D eigenvalue weighted by Crippen LogP contribution is -1.90. The van der Waals surface area contributed by atoms with Crippen LogP contribution in [0.4, 0.5) is 0 Å². The summed E-state index contributed by atoms with van der Waals surface area (Å²) in [4.78, 5) is 0. The van der Waals surface area contributed by atoms with E-state index in [0.717, 1.165) is 0 Å². The zero-order valence-electron chi connectivity index (χ0n) is 4.56. The Morgan fingerprint density at radius 3 is 2.43 bits per heavy atom. The molecule has 0 spiro atoms. The first-order valence-electron chi connectivity index (χ1n) is 2.06. The molecule has 0 saturated heterocycles. The number of hydrogen-bond acceptors (Lipinski definition) is 2. The molecule has 0 aromatic heterocycles. The maximum absolute atomic E-state index is 6.83. The molecule has 0 saturated carbocycles. The lowest BCUT2D eigenvalue weighted by atomic mass is 10.5. The van der Waals surface area contributed by atoms with E-state index in [0.29, 0.717) is 0 Å². The second-order valence-electron chi connectivity index (χ2n) is 1.07. The summed E-state index contributed by atoms with van der Waals surface area (Å²) >= 11 is 0. The Labute approximate surface area is 43.3 Å². The third-order valence-corrected chi connectivity index (χ3v) is 0.538. The normalized spacial score (nSPS) is 9.43. The standard InChI is InChI=1S/C5H9NO/c1-3-4-5(6)7-2/h3-4,6H,1-2H3. The van der Waals surface area contributed by atoms with Crippen LogP contribution < -0.4 is 0 Å². The highest BCUT2D eigenvalue weighted by Crippen LogP contribution is 1.74. The summed E-state index contributed by atoms with van der Waals surface area (Å²) in [5.74, 6) is 0.197. The summed E-state index contributed by atoms with van der Waals surface area (Å²) < 4.78 is 4.49. The fourth-order valence-electron chi connectivity index (χ4n) is 0.219. The van der Waals surface area contributed by atoms with Gasteiger partial charge in [-0.25, -0.2) is 0 Å². The number of methoxy groups -OCH3 is 1. The second kappa shape index (κ2) is 3.40. The number of nitrogens with one attached hydrogen (secondary N) is 1. The Balaban J connectivity index is 3.37. The molecule has 0 bridgehead atoms. The fraction of sp³-hybridized carbons (Fsp3) is 0.400. The van der Waals surface area contributed by atoms with Crippen LogP contribution in [-0.2, 0) is 4.74 Å². The maximum atomic E-state index is 6.83. The van der Waals surface area contributed by atoms with E-state index in [9.17, 15) is 0 Å². The molecule has 0 amide bonds. The monoisotopic (exact) mass is 99.1 g/mol. The number of rotatable bonds is 1. The summed E-state index contributed by atoms with van der Waals surface area (Å²) in [5.41, 5.74) is 0. The Morgan fingerprint density at radius 1 is 1.71 bits per heavy atom. The molecule has 0 aliphatic carbocycles. The van der Waals surface area contributed by atoms with Crippen LogP contribution in [-0.4, -0.2) is 13.0 Å². The molecule has 0 fully saturated rings. The zero-order chi connectivity index (χ0) is 5.70. The smallest absolute Gasteiger partial charge is 0.205 e. The van der Waals surface area contributed by atoms with Crippen molar-refractivity contribution in [1.82, 2.24) is 0 Å². The summed E-state index contributed by atoms with van der Waals surface area (Å²) in [6, 6.07) is 0. The first-order chi connectivity index (χ1) is 3.31. The Kier molecular flexibility index (Phi) is 3.02. The summed E-state index contributed by atoms with van der Waals surface area (Å²) in [5, 5.41) is 6.83. The molecule has 0 atom stereocenters. The van der Waals surface area contributed by atoms with E-state index < -0.39 is 0 Å². The van der Waals surface area contributed by atoms with Crippen LogP contribution in [0.15, 0.2) is 12.2 Å². The van der Waals surface area contributed by atoms with Gasteiger partial charge in [-0.1, -0.05) is 6.08 Å². The minimum absolute atomic E-state index is 0.197. The highest BCUT2D eigenvalue weighted by Gasteiger charge is 1.77. The largest absolute Gasteiger partial charge is 0.481 e. The molecule has 0 aromatic rings. The summed E-state index contributed by atoms with van der Waals surface area (Å²) in [6.07, 6.45) is 3.34.